The van der Waals surface area contributed by atoms with E-state index in [0.717, 1.165) is 26.5 Å². The molecule has 0 radical (unpaired) electrons. The number of aryl methyl sites for hydroxylation is 1. The van der Waals surface area contributed by atoms with Gasteiger partial charge < -0.3 is 14.4 Å². The number of benzene rings is 2. The second kappa shape index (κ2) is 8.33. The van der Waals surface area contributed by atoms with Gasteiger partial charge in [0.15, 0.2) is 11.5 Å². The van der Waals surface area contributed by atoms with Gasteiger partial charge in [0.1, 0.15) is 5.58 Å². The highest BCUT2D eigenvalue weighted by atomic mass is 79.9. The number of rotatable bonds is 5. The van der Waals surface area contributed by atoms with Crippen LogP contribution in [-0.4, -0.2) is 26.7 Å². The minimum Gasteiger partial charge on any atom is -0.503 e. The zero-order valence-electron chi connectivity index (χ0n) is 17.7. The number of hydrogen-bond acceptors (Lipinski definition) is 5. The lowest BCUT2D eigenvalue weighted by molar-refractivity contribution is -0.130. The third-order valence-corrected chi connectivity index (χ3v) is 6.18. The maximum absolute atomic E-state index is 13.6. The Hall–Kier alpha value is -3.71. The number of furan rings is 1. The fourth-order valence-electron chi connectivity index (χ4n) is 4.18. The Balaban J connectivity index is 1.61. The molecule has 0 aliphatic carbocycles. The van der Waals surface area contributed by atoms with E-state index in [0.29, 0.717) is 5.58 Å². The fourth-order valence-corrected chi connectivity index (χ4v) is 4.56. The third-order valence-electron chi connectivity index (χ3n) is 5.68. The molecule has 1 amide bonds. The van der Waals surface area contributed by atoms with Crippen LogP contribution in [0.15, 0.2) is 93.3 Å². The van der Waals surface area contributed by atoms with Gasteiger partial charge in [-0.05, 0) is 48.4 Å². The zero-order chi connectivity index (χ0) is 23.1. The Morgan fingerprint density at radius 1 is 1.15 bits per heavy atom. The molecule has 1 aliphatic heterocycles. The molecule has 1 unspecified atom stereocenters. The summed E-state index contributed by atoms with van der Waals surface area (Å²) in [5, 5.41) is 11.6. The number of aromatic nitrogens is 1. The smallest absolute Gasteiger partial charge is 0.290 e. The lowest BCUT2D eigenvalue weighted by atomic mass is 9.94. The van der Waals surface area contributed by atoms with Gasteiger partial charge in [-0.25, -0.2) is 0 Å². The summed E-state index contributed by atoms with van der Waals surface area (Å²) in [6.07, 6.45) is 3.31. The molecule has 6 nitrogen and oxygen atoms in total. The number of carbonyl (C=O) groups excluding carboxylic acids is 2. The van der Waals surface area contributed by atoms with Gasteiger partial charge in [0, 0.05) is 28.8 Å². The van der Waals surface area contributed by atoms with Crippen molar-refractivity contribution in [3.8, 4) is 0 Å². The van der Waals surface area contributed by atoms with Crippen molar-refractivity contribution >= 4 is 38.6 Å². The number of aliphatic hydroxyl groups is 1. The van der Waals surface area contributed by atoms with E-state index in [9.17, 15) is 14.7 Å². The topological polar surface area (TPSA) is 83.6 Å². The molecule has 2 aromatic heterocycles. The monoisotopic (exact) mass is 502 g/mol. The summed E-state index contributed by atoms with van der Waals surface area (Å²) in [7, 11) is 0. The first-order valence-corrected chi connectivity index (χ1v) is 11.1. The maximum Gasteiger partial charge on any atom is 0.290 e. The van der Waals surface area contributed by atoms with Gasteiger partial charge in [-0.3, -0.25) is 14.6 Å². The quantitative estimate of drug-likeness (QED) is 0.355. The van der Waals surface area contributed by atoms with Crippen LogP contribution in [0.25, 0.3) is 11.0 Å². The predicted octanol–water partition coefficient (Wildman–Crippen LogP) is 5.68. The molecular formula is C26H19BrN2O4. The summed E-state index contributed by atoms with van der Waals surface area (Å²) in [6, 6.07) is 17.5. The van der Waals surface area contributed by atoms with Crippen molar-refractivity contribution in [1.82, 2.24) is 9.88 Å². The van der Waals surface area contributed by atoms with Crippen molar-refractivity contribution in [2.24, 2.45) is 0 Å². The molecule has 1 N–H and O–H groups in total. The number of carbonyl (C=O) groups is 2. The van der Waals surface area contributed by atoms with Crippen molar-refractivity contribution < 1.29 is 19.1 Å². The highest BCUT2D eigenvalue weighted by molar-refractivity contribution is 9.10. The molecule has 1 aliphatic rings. The molecule has 3 heterocycles. The average Bonchev–Trinajstić information content (AvgIpc) is 3.33. The number of fused-ring (bicyclic) bond motifs is 1. The number of Topliss-reactive ketones (excluding diaryl/α,β-unsaturated/α-hetero) is 1. The van der Waals surface area contributed by atoms with Crippen molar-refractivity contribution in [1.29, 1.82) is 0 Å². The Bertz CT molecular complexity index is 1420. The average molecular weight is 503 g/mol. The molecule has 2 aromatic carbocycles. The van der Waals surface area contributed by atoms with E-state index in [4.69, 9.17) is 4.42 Å². The van der Waals surface area contributed by atoms with Crippen molar-refractivity contribution in [3.05, 3.63) is 111 Å². The Labute approximate surface area is 198 Å². The van der Waals surface area contributed by atoms with E-state index < -0.39 is 23.5 Å². The van der Waals surface area contributed by atoms with Crippen LogP contribution in [0.2, 0.25) is 0 Å². The summed E-state index contributed by atoms with van der Waals surface area (Å²) in [5.74, 6) is -1.61. The summed E-state index contributed by atoms with van der Waals surface area (Å²) in [6.45, 7) is 2.13. The summed E-state index contributed by atoms with van der Waals surface area (Å²) < 4.78 is 6.64. The number of amides is 1. The Kier molecular flexibility index (Phi) is 5.34. The van der Waals surface area contributed by atoms with Gasteiger partial charge in [-0.2, -0.15) is 0 Å². The summed E-state index contributed by atoms with van der Waals surface area (Å²) >= 11 is 3.42. The minimum absolute atomic E-state index is 0.00705. The number of ketones is 1. The third kappa shape index (κ3) is 3.85. The van der Waals surface area contributed by atoms with Gasteiger partial charge in [-0.15, -0.1) is 0 Å². The molecule has 4 aromatic rings. The van der Waals surface area contributed by atoms with Crippen LogP contribution < -0.4 is 0 Å². The summed E-state index contributed by atoms with van der Waals surface area (Å²) in [4.78, 5) is 32.4. The second-order valence-corrected chi connectivity index (χ2v) is 8.91. The Morgan fingerprint density at radius 2 is 2.00 bits per heavy atom. The van der Waals surface area contributed by atoms with E-state index in [1.54, 1.807) is 30.6 Å². The van der Waals surface area contributed by atoms with Crippen molar-refractivity contribution in [3.63, 3.8) is 0 Å². The molecular weight excluding hydrogens is 484 g/mol. The number of halogens is 1. The lowest BCUT2D eigenvalue weighted by Gasteiger charge is -2.27. The van der Waals surface area contributed by atoms with Gasteiger partial charge in [0.25, 0.3) is 5.91 Å². The first kappa shape index (κ1) is 21.2. The molecule has 0 saturated heterocycles. The molecule has 0 spiro atoms. The second-order valence-electron chi connectivity index (χ2n) is 8.00. The molecule has 0 saturated carbocycles. The van der Waals surface area contributed by atoms with E-state index in [1.807, 2.05) is 49.4 Å². The standard InChI is InChI=1S/C26H19BrN2O4/c1-15-4-2-6-17(10-15)23-22(24(30)21-12-18-11-19(27)7-8-20(18)33-21)25(31)26(32)29(23)14-16-5-3-9-28-13-16/h2-13,23,31H,14H2,1H3. The first-order valence-electron chi connectivity index (χ1n) is 10.4. The van der Waals surface area contributed by atoms with Gasteiger partial charge >= 0.3 is 0 Å². The number of nitrogens with zero attached hydrogens (tertiary/aromatic N) is 2. The van der Waals surface area contributed by atoms with Crippen LogP contribution in [0.4, 0.5) is 0 Å². The van der Waals surface area contributed by atoms with E-state index in [1.165, 1.54) is 4.90 Å². The lowest BCUT2D eigenvalue weighted by Crippen LogP contribution is -2.30. The van der Waals surface area contributed by atoms with E-state index >= 15 is 0 Å². The van der Waals surface area contributed by atoms with Crippen molar-refractivity contribution in [2.45, 2.75) is 19.5 Å². The van der Waals surface area contributed by atoms with Crippen LogP contribution in [0.5, 0.6) is 0 Å². The predicted molar refractivity (Wildman–Crippen MR) is 127 cm³/mol. The fraction of sp³-hybridized carbons (Fsp3) is 0.115. The van der Waals surface area contributed by atoms with Crippen LogP contribution in [0, 0.1) is 6.92 Å². The van der Waals surface area contributed by atoms with Crippen LogP contribution in [-0.2, 0) is 11.3 Å². The van der Waals surface area contributed by atoms with Crippen LogP contribution in [0.1, 0.15) is 33.3 Å². The van der Waals surface area contributed by atoms with Crippen LogP contribution >= 0.6 is 15.9 Å². The molecule has 33 heavy (non-hydrogen) atoms. The molecule has 5 rings (SSSR count). The van der Waals surface area contributed by atoms with Crippen molar-refractivity contribution in [2.75, 3.05) is 0 Å². The van der Waals surface area contributed by atoms with Crippen LogP contribution in [0.3, 0.4) is 0 Å². The molecule has 1 atom stereocenters. The van der Waals surface area contributed by atoms with E-state index in [-0.39, 0.29) is 17.9 Å². The highest BCUT2D eigenvalue weighted by Crippen LogP contribution is 2.40. The SMILES string of the molecule is Cc1cccc(C2C(C(=O)c3cc4cc(Br)ccc4o3)=C(O)C(=O)N2Cc2cccnc2)c1. The molecule has 0 fully saturated rings. The normalized spacial score (nSPS) is 16.1. The van der Waals surface area contributed by atoms with Gasteiger partial charge in [-0.1, -0.05) is 51.8 Å². The van der Waals surface area contributed by atoms with E-state index in [2.05, 4.69) is 20.9 Å². The maximum atomic E-state index is 13.6. The molecule has 7 heteroatoms. The number of pyridine rings is 1. The minimum atomic E-state index is -0.759. The number of aliphatic hydroxyl groups excluding tert-OH is 1. The molecule has 0 bridgehead atoms. The zero-order valence-corrected chi connectivity index (χ0v) is 19.2. The Morgan fingerprint density at radius 3 is 2.76 bits per heavy atom. The largest absolute Gasteiger partial charge is 0.503 e. The van der Waals surface area contributed by atoms with Gasteiger partial charge in [0.2, 0.25) is 5.78 Å². The summed E-state index contributed by atoms with van der Waals surface area (Å²) in [5.41, 5.74) is 3.06. The van der Waals surface area contributed by atoms with Gasteiger partial charge in [0.05, 0.1) is 11.6 Å². The molecule has 164 valence electrons. The highest BCUT2D eigenvalue weighted by Gasteiger charge is 2.44. The number of hydrogen-bond donors (Lipinski definition) is 1. The first-order chi connectivity index (χ1) is 15.9.